The number of aliphatic carboxylic acids is 1. The van der Waals surface area contributed by atoms with Gasteiger partial charge in [-0.1, -0.05) is 48.5 Å². The van der Waals surface area contributed by atoms with Crippen LogP contribution >= 0.6 is 0 Å². The first-order valence-electron chi connectivity index (χ1n) is 10.7. The molecule has 0 aromatic heterocycles. The first-order valence-corrected chi connectivity index (χ1v) is 10.7. The van der Waals surface area contributed by atoms with Crippen LogP contribution in [0.3, 0.4) is 0 Å². The number of carbonyl (C=O) groups is 3. The van der Waals surface area contributed by atoms with Gasteiger partial charge in [-0.2, -0.15) is 0 Å². The summed E-state index contributed by atoms with van der Waals surface area (Å²) in [7, 11) is 3.42. The average Bonchev–Trinajstić information content (AvgIpc) is 3.08. The molecule has 2 aromatic carbocycles. The van der Waals surface area contributed by atoms with E-state index in [1.165, 1.54) is 6.92 Å². The summed E-state index contributed by atoms with van der Waals surface area (Å²) in [4.78, 5) is 38.2. The van der Waals surface area contributed by atoms with Crippen molar-refractivity contribution in [1.82, 2.24) is 15.5 Å². The Morgan fingerprint density at radius 2 is 1.55 bits per heavy atom. The second kappa shape index (κ2) is 10.5. The maximum Gasteiger partial charge on any atom is 0.407 e. The number of benzene rings is 2. The first kappa shape index (κ1) is 24.2. The van der Waals surface area contributed by atoms with E-state index in [0.717, 1.165) is 22.3 Å². The van der Waals surface area contributed by atoms with Crippen LogP contribution in [0.15, 0.2) is 48.5 Å². The van der Waals surface area contributed by atoms with Crippen molar-refractivity contribution in [2.45, 2.75) is 31.0 Å². The number of alkyl carbamates (subject to hydrolysis) is 1. The van der Waals surface area contributed by atoms with Gasteiger partial charge in [-0.3, -0.25) is 4.79 Å². The summed E-state index contributed by atoms with van der Waals surface area (Å²) < 4.78 is 5.49. The number of aliphatic hydroxyl groups excluding tert-OH is 1. The van der Waals surface area contributed by atoms with Gasteiger partial charge in [0.05, 0.1) is 6.10 Å². The van der Waals surface area contributed by atoms with Gasteiger partial charge in [0.2, 0.25) is 5.91 Å². The van der Waals surface area contributed by atoms with Crippen LogP contribution in [-0.2, 0) is 14.3 Å². The summed E-state index contributed by atoms with van der Waals surface area (Å²) in [5, 5.41) is 23.6. The highest BCUT2D eigenvalue weighted by molar-refractivity contribution is 5.89. The number of rotatable bonds is 9. The van der Waals surface area contributed by atoms with Crippen LogP contribution < -0.4 is 10.6 Å². The Morgan fingerprint density at radius 3 is 2.03 bits per heavy atom. The van der Waals surface area contributed by atoms with Crippen molar-refractivity contribution in [2.24, 2.45) is 0 Å². The van der Waals surface area contributed by atoms with Crippen LogP contribution in [0.25, 0.3) is 11.1 Å². The van der Waals surface area contributed by atoms with Crippen LogP contribution in [0.5, 0.6) is 0 Å². The maximum atomic E-state index is 12.6. The van der Waals surface area contributed by atoms with Gasteiger partial charge in [0.25, 0.3) is 0 Å². The molecule has 0 saturated carbocycles. The summed E-state index contributed by atoms with van der Waals surface area (Å²) in [6.45, 7) is 1.46. The van der Waals surface area contributed by atoms with Crippen LogP contribution in [-0.4, -0.2) is 78.5 Å². The summed E-state index contributed by atoms with van der Waals surface area (Å²) in [6.07, 6.45) is -2.09. The molecule has 1 aliphatic carbocycles. The van der Waals surface area contributed by atoms with E-state index in [1.807, 2.05) is 48.5 Å². The molecule has 0 heterocycles. The molecule has 0 radical (unpaired) electrons. The van der Waals surface area contributed by atoms with Crippen LogP contribution in [0.2, 0.25) is 0 Å². The number of ether oxygens (including phenoxy) is 1. The minimum absolute atomic E-state index is 0.0849. The third-order valence-electron chi connectivity index (χ3n) is 5.55. The second-order valence-electron chi connectivity index (χ2n) is 8.35. The molecule has 3 unspecified atom stereocenters. The molecular weight excluding hydrogens is 426 g/mol. The average molecular weight is 456 g/mol. The molecule has 0 bridgehead atoms. The van der Waals surface area contributed by atoms with E-state index in [2.05, 4.69) is 10.6 Å². The minimum atomic E-state index is -1.49. The topological polar surface area (TPSA) is 128 Å². The molecule has 3 atom stereocenters. The zero-order chi connectivity index (χ0) is 24.1. The molecule has 3 rings (SSSR count). The number of likely N-dealkylation sites (N-methyl/N-ethyl adjacent to an activating group) is 1. The molecule has 33 heavy (non-hydrogen) atoms. The van der Waals surface area contributed by atoms with Crippen molar-refractivity contribution in [1.29, 1.82) is 0 Å². The molecular formula is C24H29N3O6. The molecule has 1 aliphatic rings. The number of nitrogens with zero attached hydrogens (tertiary/aromatic N) is 1. The summed E-state index contributed by atoms with van der Waals surface area (Å²) in [5.41, 5.74) is 4.33. The Labute approximate surface area is 192 Å². The van der Waals surface area contributed by atoms with E-state index < -0.39 is 36.2 Å². The number of fused-ring (bicyclic) bond motifs is 3. The third-order valence-corrected chi connectivity index (χ3v) is 5.55. The van der Waals surface area contributed by atoms with Gasteiger partial charge >= 0.3 is 12.1 Å². The normalized spacial score (nSPS) is 15.2. The van der Waals surface area contributed by atoms with Crippen LogP contribution in [0.1, 0.15) is 24.0 Å². The predicted molar refractivity (Wildman–Crippen MR) is 122 cm³/mol. The largest absolute Gasteiger partial charge is 0.480 e. The van der Waals surface area contributed by atoms with E-state index in [-0.39, 0.29) is 19.1 Å². The summed E-state index contributed by atoms with van der Waals surface area (Å²) in [5.74, 6) is -2.23. The molecule has 0 aliphatic heterocycles. The molecule has 0 fully saturated rings. The number of hydrogen-bond acceptors (Lipinski definition) is 6. The SMILES string of the molecule is CC(O)C(NC(=O)C(CN(C)C)NC(=O)OCC1c2ccccc2-c2ccccc21)C(=O)O. The van der Waals surface area contributed by atoms with Gasteiger partial charge in [-0.25, -0.2) is 9.59 Å². The highest BCUT2D eigenvalue weighted by atomic mass is 16.5. The van der Waals surface area contributed by atoms with E-state index in [1.54, 1.807) is 19.0 Å². The molecule has 9 heteroatoms. The lowest BCUT2D eigenvalue weighted by atomic mass is 9.98. The Balaban J connectivity index is 1.67. The second-order valence-corrected chi connectivity index (χ2v) is 8.35. The highest BCUT2D eigenvalue weighted by Gasteiger charge is 2.32. The summed E-state index contributed by atoms with van der Waals surface area (Å²) >= 11 is 0. The van der Waals surface area contributed by atoms with E-state index >= 15 is 0 Å². The van der Waals surface area contributed by atoms with Gasteiger partial charge in [-0.15, -0.1) is 0 Å². The maximum absolute atomic E-state index is 12.6. The zero-order valence-corrected chi connectivity index (χ0v) is 18.8. The van der Waals surface area contributed by atoms with Gasteiger partial charge in [0.15, 0.2) is 6.04 Å². The first-order chi connectivity index (χ1) is 15.7. The van der Waals surface area contributed by atoms with Crippen LogP contribution in [0, 0.1) is 0 Å². The Morgan fingerprint density at radius 1 is 1.00 bits per heavy atom. The lowest BCUT2D eigenvalue weighted by molar-refractivity contribution is -0.145. The molecule has 176 valence electrons. The van der Waals surface area contributed by atoms with E-state index in [0.29, 0.717) is 0 Å². The monoisotopic (exact) mass is 455 g/mol. The van der Waals surface area contributed by atoms with E-state index in [4.69, 9.17) is 4.74 Å². The van der Waals surface area contributed by atoms with Gasteiger partial charge in [0.1, 0.15) is 12.6 Å². The smallest absolute Gasteiger partial charge is 0.407 e. The third kappa shape index (κ3) is 5.68. The number of carboxylic acids is 1. The lowest BCUT2D eigenvalue weighted by Gasteiger charge is -2.25. The van der Waals surface area contributed by atoms with Gasteiger partial charge < -0.3 is 30.5 Å². The van der Waals surface area contributed by atoms with Gasteiger partial charge in [-0.05, 0) is 43.3 Å². The summed E-state index contributed by atoms with van der Waals surface area (Å²) in [6, 6.07) is 13.3. The van der Waals surface area contributed by atoms with Crippen molar-refractivity contribution in [2.75, 3.05) is 27.2 Å². The minimum Gasteiger partial charge on any atom is -0.480 e. The number of amides is 2. The van der Waals surface area contributed by atoms with Crippen LogP contribution in [0.4, 0.5) is 4.79 Å². The highest BCUT2D eigenvalue weighted by Crippen LogP contribution is 2.44. The Hall–Kier alpha value is -3.43. The number of nitrogens with one attached hydrogen (secondary N) is 2. The fourth-order valence-corrected chi connectivity index (χ4v) is 3.98. The predicted octanol–water partition coefficient (Wildman–Crippen LogP) is 1.41. The molecule has 9 nitrogen and oxygen atoms in total. The number of carboxylic acid groups (broad SMARTS) is 1. The van der Waals surface area contributed by atoms with Crippen molar-refractivity contribution in [3.63, 3.8) is 0 Å². The molecule has 2 aromatic rings. The number of hydrogen-bond donors (Lipinski definition) is 4. The molecule has 0 spiro atoms. The Kier molecular flexibility index (Phi) is 7.67. The zero-order valence-electron chi connectivity index (χ0n) is 18.8. The number of aliphatic hydroxyl groups is 1. The van der Waals surface area contributed by atoms with Crippen molar-refractivity contribution >= 4 is 18.0 Å². The number of carbonyl (C=O) groups excluding carboxylic acids is 2. The fraction of sp³-hybridized carbons (Fsp3) is 0.375. The van der Waals surface area contributed by atoms with Gasteiger partial charge in [0, 0.05) is 12.5 Å². The molecule has 4 N–H and O–H groups in total. The van der Waals surface area contributed by atoms with Crippen molar-refractivity contribution < 1.29 is 29.3 Å². The van der Waals surface area contributed by atoms with Crippen molar-refractivity contribution in [3.8, 4) is 11.1 Å². The fourth-order valence-electron chi connectivity index (χ4n) is 3.98. The molecule has 2 amide bonds. The Bertz CT molecular complexity index is 977. The van der Waals surface area contributed by atoms with E-state index in [9.17, 15) is 24.6 Å². The van der Waals surface area contributed by atoms with Crippen molar-refractivity contribution in [3.05, 3.63) is 59.7 Å². The lowest BCUT2D eigenvalue weighted by Crippen LogP contribution is -2.57. The standard InChI is InChI=1S/C24H29N3O6/c1-14(28)21(23(30)31)26-22(29)20(12-27(2)3)25-24(32)33-13-19-17-10-6-4-8-15(17)16-9-5-7-11-18(16)19/h4-11,14,19-21,28H,12-13H2,1-3H3,(H,25,32)(H,26,29)(H,30,31). The quantitative estimate of drug-likeness (QED) is 0.450. The molecule has 0 saturated heterocycles.